The minimum absolute atomic E-state index is 0.226. The van der Waals surface area contributed by atoms with Gasteiger partial charge in [-0.2, -0.15) is 0 Å². The Hall–Kier alpha value is -2.62. The van der Waals surface area contributed by atoms with E-state index in [9.17, 15) is 0 Å². The van der Waals surface area contributed by atoms with Gasteiger partial charge in [0.15, 0.2) is 0 Å². The second kappa shape index (κ2) is 14.1. The summed E-state index contributed by atoms with van der Waals surface area (Å²) in [6.07, 6.45) is 4.38. The Kier molecular flexibility index (Phi) is 10.8. The summed E-state index contributed by atoms with van der Waals surface area (Å²) in [5.74, 6) is 1.19. The minimum Gasteiger partial charge on any atom is -0.489 e. The summed E-state index contributed by atoms with van der Waals surface area (Å²) in [4.78, 5) is 2.58. The second-order valence-corrected chi connectivity index (χ2v) is 10.1. The molecule has 3 aromatic carbocycles. The van der Waals surface area contributed by atoms with Crippen molar-refractivity contribution >= 4 is 0 Å². The van der Waals surface area contributed by atoms with Crippen LogP contribution in [-0.4, -0.2) is 30.1 Å². The lowest BCUT2D eigenvalue weighted by atomic mass is 9.86. The fraction of sp³-hybridized carbons (Fsp3) is 0.438. The lowest BCUT2D eigenvalue weighted by Crippen LogP contribution is -2.37. The summed E-state index contributed by atoms with van der Waals surface area (Å²) >= 11 is 0. The molecule has 0 aliphatic carbocycles. The van der Waals surface area contributed by atoms with E-state index >= 15 is 0 Å². The van der Waals surface area contributed by atoms with Crippen LogP contribution in [0.15, 0.2) is 78.9 Å². The highest BCUT2D eigenvalue weighted by atomic mass is 16.5. The van der Waals surface area contributed by atoms with Gasteiger partial charge in [0.25, 0.3) is 0 Å². The molecule has 188 valence electrons. The van der Waals surface area contributed by atoms with Gasteiger partial charge in [-0.3, -0.25) is 4.90 Å². The molecule has 0 amide bonds. The van der Waals surface area contributed by atoms with Crippen LogP contribution in [0.4, 0.5) is 0 Å². The predicted octanol–water partition coefficient (Wildman–Crippen LogP) is 7.19. The van der Waals surface area contributed by atoms with Crippen LogP contribution in [0.3, 0.4) is 0 Å². The molecule has 1 atom stereocenters. The van der Waals surface area contributed by atoms with Crippen LogP contribution >= 0.6 is 0 Å². The molecule has 0 saturated heterocycles. The summed E-state index contributed by atoms with van der Waals surface area (Å²) in [6.45, 7) is 11.5. The first-order chi connectivity index (χ1) is 17.0. The van der Waals surface area contributed by atoms with Gasteiger partial charge in [-0.25, -0.2) is 0 Å². The summed E-state index contributed by atoms with van der Waals surface area (Å²) in [5, 5.41) is 0. The molecule has 0 aliphatic rings. The molecule has 0 saturated carbocycles. The predicted molar refractivity (Wildman–Crippen MR) is 149 cm³/mol. The standard InChI is InChI=1S/C32H44N2O/c1-25(2)34(26(3)4)22-12-11-13-27-18-19-32(35-24-28-14-7-5-8-15-28)31(23-27)30(20-21-33)29-16-9-6-10-17-29/h5-10,14-19,23,25-26,30H,11-13,20-22,24,33H2,1-4H3/t30-/m1/s1. The molecule has 0 unspecified atom stereocenters. The molecule has 0 heterocycles. The van der Waals surface area contributed by atoms with Gasteiger partial charge in [-0.05, 0) is 89.2 Å². The Labute approximate surface area is 213 Å². The summed E-state index contributed by atoms with van der Waals surface area (Å²) in [6, 6.07) is 29.1. The van der Waals surface area contributed by atoms with Crippen LogP contribution in [0.1, 0.15) is 75.1 Å². The van der Waals surface area contributed by atoms with E-state index in [1.54, 1.807) is 0 Å². The lowest BCUT2D eigenvalue weighted by molar-refractivity contribution is 0.172. The summed E-state index contributed by atoms with van der Waals surface area (Å²) in [5.41, 5.74) is 11.2. The quantitative estimate of drug-likeness (QED) is 0.252. The topological polar surface area (TPSA) is 38.5 Å². The number of ether oxygens (including phenoxy) is 1. The molecule has 0 radical (unpaired) electrons. The Morgan fingerprint density at radius 1 is 0.771 bits per heavy atom. The minimum atomic E-state index is 0.226. The van der Waals surface area contributed by atoms with Gasteiger partial charge in [-0.1, -0.05) is 72.8 Å². The zero-order valence-corrected chi connectivity index (χ0v) is 22.1. The lowest BCUT2D eigenvalue weighted by Gasteiger charge is -2.30. The molecule has 3 heteroatoms. The molecule has 0 fully saturated rings. The maximum absolute atomic E-state index is 6.39. The van der Waals surface area contributed by atoms with Crippen molar-refractivity contribution in [2.24, 2.45) is 5.73 Å². The molecule has 3 aromatic rings. The summed E-state index contributed by atoms with van der Waals surface area (Å²) < 4.78 is 6.39. The number of hydrogen-bond acceptors (Lipinski definition) is 3. The number of benzene rings is 3. The van der Waals surface area contributed by atoms with Gasteiger partial charge in [0.05, 0.1) is 0 Å². The molecule has 3 nitrogen and oxygen atoms in total. The Balaban J connectivity index is 1.79. The van der Waals surface area contributed by atoms with E-state index in [4.69, 9.17) is 10.5 Å². The monoisotopic (exact) mass is 472 g/mol. The van der Waals surface area contributed by atoms with Crippen molar-refractivity contribution in [1.82, 2.24) is 4.90 Å². The van der Waals surface area contributed by atoms with Gasteiger partial charge >= 0.3 is 0 Å². The molecule has 0 spiro atoms. The molecule has 35 heavy (non-hydrogen) atoms. The third-order valence-electron chi connectivity index (χ3n) is 6.80. The van der Waals surface area contributed by atoms with Crippen molar-refractivity contribution in [2.75, 3.05) is 13.1 Å². The van der Waals surface area contributed by atoms with Gasteiger partial charge in [0, 0.05) is 23.6 Å². The highest BCUT2D eigenvalue weighted by molar-refractivity contribution is 5.45. The van der Waals surface area contributed by atoms with Crippen LogP contribution in [0.25, 0.3) is 0 Å². The maximum Gasteiger partial charge on any atom is 0.123 e. The average Bonchev–Trinajstić information content (AvgIpc) is 2.87. The van der Waals surface area contributed by atoms with E-state index in [0.717, 1.165) is 25.1 Å². The van der Waals surface area contributed by atoms with Crippen molar-refractivity contribution in [2.45, 2.75) is 78.0 Å². The molecule has 2 N–H and O–H groups in total. The zero-order valence-electron chi connectivity index (χ0n) is 22.1. The van der Waals surface area contributed by atoms with E-state index in [-0.39, 0.29) is 5.92 Å². The smallest absolute Gasteiger partial charge is 0.123 e. The number of rotatable bonds is 14. The Morgan fingerprint density at radius 2 is 1.43 bits per heavy atom. The molecule has 0 bridgehead atoms. The van der Waals surface area contributed by atoms with Crippen molar-refractivity contribution in [3.8, 4) is 5.75 Å². The number of nitrogens with zero attached hydrogens (tertiary/aromatic N) is 1. The zero-order chi connectivity index (χ0) is 25.0. The van der Waals surface area contributed by atoms with Crippen LogP contribution in [-0.2, 0) is 13.0 Å². The first-order valence-corrected chi connectivity index (χ1v) is 13.3. The van der Waals surface area contributed by atoms with Gasteiger partial charge < -0.3 is 10.5 Å². The number of hydrogen-bond donors (Lipinski definition) is 1. The third-order valence-corrected chi connectivity index (χ3v) is 6.80. The highest BCUT2D eigenvalue weighted by Crippen LogP contribution is 2.35. The third kappa shape index (κ3) is 8.23. The van der Waals surface area contributed by atoms with E-state index in [1.165, 1.54) is 35.1 Å². The highest BCUT2D eigenvalue weighted by Gasteiger charge is 2.19. The van der Waals surface area contributed by atoms with Crippen LogP contribution < -0.4 is 10.5 Å². The van der Waals surface area contributed by atoms with Crippen LogP contribution in [0.2, 0.25) is 0 Å². The van der Waals surface area contributed by atoms with Gasteiger partial charge in [0.1, 0.15) is 12.4 Å². The van der Waals surface area contributed by atoms with Gasteiger partial charge in [0.2, 0.25) is 0 Å². The fourth-order valence-electron chi connectivity index (χ4n) is 4.98. The SMILES string of the molecule is CC(C)N(CCCCc1ccc(OCc2ccccc2)c([C@H](CCN)c2ccccc2)c1)C(C)C. The van der Waals surface area contributed by atoms with Crippen LogP contribution in [0.5, 0.6) is 5.75 Å². The number of nitrogens with two attached hydrogens (primary N) is 1. The van der Waals surface area contributed by atoms with E-state index in [1.807, 2.05) is 6.07 Å². The summed E-state index contributed by atoms with van der Waals surface area (Å²) in [7, 11) is 0. The normalized spacial score (nSPS) is 12.5. The van der Waals surface area contributed by atoms with Gasteiger partial charge in [-0.15, -0.1) is 0 Å². The molecular weight excluding hydrogens is 428 g/mol. The molecule has 0 aliphatic heterocycles. The Morgan fingerprint density at radius 3 is 2.06 bits per heavy atom. The molecule has 0 aromatic heterocycles. The van der Waals surface area contributed by atoms with E-state index < -0.39 is 0 Å². The number of aryl methyl sites for hydroxylation is 1. The van der Waals surface area contributed by atoms with Crippen molar-refractivity contribution < 1.29 is 4.74 Å². The fourth-order valence-corrected chi connectivity index (χ4v) is 4.98. The first-order valence-electron chi connectivity index (χ1n) is 13.3. The largest absolute Gasteiger partial charge is 0.489 e. The van der Waals surface area contributed by atoms with E-state index in [0.29, 0.717) is 25.2 Å². The number of unbranched alkanes of at least 4 members (excludes halogenated alkanes) is 1. The molecular formula is C32H44N2O. The van der Waals surface area contributed by atoms with E-state index in [2.05, 4.69) is 105 Å². The average molecular weight is 473 g/mol. The Bertz CT molecular complexity index is 977. The molecule has 3 rings (SSSR count). The van der Waals surface area contributed by atoms with Crippen molar-refractivity contribution in [1.29, 1.82) is 0 Å². The van der Waals surface area contributed by atoms with Crippen molar-refractivity contribution in [3.63, 3.8) is 0 Å². The first kappa shape index (κ1) is 27.0. The second-order valence-electron chi connectivity index (χ2n) is 10.1. The van der Waals surface area contributed by atoms with Crippen molar-refractivity contribution in [3.05, 3.63) is 101 Å². The van der Waals surface area contributed by atoms with Crippen LogP contribution in [0, 0.1) is 0 Å². The maximum atomic E-state index is 6.39.